The Morgan fingerprint density at radius 3 is 2.64 bits per heavy atom. The summed E-state index contributed by atoms with van der Waals surface area (Å²) in [6, 6.07) is 7.15. The molecule has 1 amide bonds. The van der Waals surface area contributed by atoms with E-state index in [9.17, 15) is 9.59 Å². The molecule has 208 valence electrons. The summed E-state index contributed by atoms with van der Waals surface area (Å²) in [6.45, 7) is 4.16. The van der Waals surface area contributed by atoms with Crippen LogP contribution in [0.2, 0.25) is 0 Å². The van der Waals surface area contributed by atoms with E-state index in [4.69, 9.17) is 18.9 Å². The predicted molar refractivity (Wildman–Crippen MR) is 145 cm³/mol. The Morgan fingerprint density at radius 1 is 1.08 bits per heavy atom. The Kier molecular flexibility index (Phi) is 8.48. The van der Waals surface area contributed by atoms with Gasteiger partial charge in [0.2, 0.25) is 0 Å². The van der Waals surface area contributed by atoms with Crippen LogP contribution in [0.1, 0.15) is 51.1 Å². The van der Waals surface area contributed by atoms with Crippen LogP contribution < -0.4 is 19.8 Å². The van der Waals surface area contributed by atoms with Crippen LogP contribution in [-0.4, -0.2) is 58.5 Å². The molecule has 0 bridgehead atoms. The quantitative estimate of drug-likeness (QED) is 0.392. The van der Waals surface area contributed by atoms with Gasteiger partial charge in [-0.3, -0.25) is 19.7 Å². The smallest absolute Gasteiger partial charge is 0.410 e. The number of aryl methyl sites for hydroxylation is 1. The molecular weight excluding hydrogens is 500 g/mol. The van der Waals surface area contributed by atoms with Gasteiger partial charge in [0.15, 0.2) is 11.5 Å². The van der Waals surface area contributed by atoms with Gasteiger partial charge in [-0.15, -0.1) is 0 Å². The standard InChI is InChI=1S/C29H36N4O6/c1-3-37-29(35)33(19-21-15-26-27(18-30-21)39-14-13-38-26)22-8-6-20(7-9-22)5-4-12-32-25-16-23(36-2)17-31-24(25)10-11-28(32)34/h10-11,15-18,20,22H,3-9,12-14,19H2,1-2H3. The van der Waals surface area contributed by atoms with E-state index >= 15 is 0 Å². The van der Waals surface area contributed by atoms with Crippen molar-refractivity contribution >= 4 is 17.1 Å². The first-order valence-electron chi connectivity index (χ1n) is 13.8. The van der Waals surface area contributed by atoms with Gasteiger partial charge in [-0.25, -0.2) is 4.79 Å². The third-order valence-corrected chi connectivity index (χ3v) is 7.62. The molecule has 0 atom stereocenters. The summed E-state index contributed by atoms with van der Waals surface area (Å²) in [5.41, 5.74) is 2.30. The van der Waals surface area contributed by atoms with Crippen LogP contribution in [0.3, 0.4) is 0 Å². The van der Waals surface area contributed by atoms with Crippen molar-refractivity contribution in [3.63, 3.8) is 0 Å². The van der Waals surface area contributed by atoms with E-state index in [1.54, 1.807) is 36.2 Å². The molecular formula is C29H36N4O6. The number of carbonyl (C=O) groups is 1. The number of aromatic nitrogens is 3. The fraction of sp³-hybridized carbons (Fsp3) is 0.517. The van der Waals surface area contributed by atoms with Crippen LogP contribution >= 0.6 is 0 Å². The molecule has 4 heterocycles. The van der Waals surface area contributed by atoms with E-state index in [0.717, 1.165) is 55.3 Å². The largest absolute Gasteiger partial charge is 0.495 e. The van der Waals surface area contributed by atoms with Crippen LogP contribution in [0.25, 0.3) is 11.0 Å². The van der Waals surface area contributed by atoms with E-state index in [-0.39, 0.29) is 17.7 Å². The Morgan fingerprint density at radius 2 is 1.87 bits per heavy atom. The van der Waals surface area contributed by atoms with E-state index < -0.39 is 0 Å². The highest BCUT2D eigenvalue weighted by Gasteiger charge is 2.30. The summed E-state index contributed by atoms with van der Waals surface area (Å²) < 4.78 is 23.8. The highest BCUT2D eigenvalue weighted by Crippen LogP contribution is 2.33. The molecule has 10 nitrogen and oxygen atoms in total. The molecule has 2 aliphatic rings. The molecule has 0 saturated heterocycles. The number of nitrogens with zero attached hydrogens (tertiary/aromatic N) is 4. The molecule has 0 aromatic carbocycles. The average molecular weight is 537 g/mol. The van der Waals surface area contributed by atoms with Gasteiger partial charge >= 0.3 is 6.09 Å². The van der Waals surface area contributed by atoms with Crippen molar-refractivity contribution in [2.75, 3.05) is 26.9 Å². The molecule has 0 unspecified atom stereocenters. The number of carbonyl (C=O) groups excluding carboxylic acids is 1. The van der Waals surface area contributed by atoms with Gasteiger partial charge < -0.3 is 23.5 Å². The first-order valence-corrected chi connectivity index (χ1v) is 13.8. The summed E-state index contributed by atoms with van der Waals surface area (Å²) in [7, 11) is 1.60. The maximum atomic E-state index is 12.9. The van der Waals surface area contributed by atoms with Crippen LogP contribution in [0, 0.1) is 5.92 Å². The van der Waals surface area contributed by atoms with Crippen molar-refractivity contribution in [3.8, 4) is 17.2 Å². The third kappa shape index (κ3) is 6.26. The second-order valence-electron chi connectivity index (χ2n) is 10.1. The molecule has 0 radical (unpaired) electrons. The molecule has 0 N–H and O–H groups in total. The second-order valence-corrected chi connectivity index (χ2v) is 10.1. The lowest BCUT2D eigenvalue weighted by molar-refractivity contribution is 0.0703. The lowest BCUT2D eigenvalue weighted by Gasteiger charge is -2.36. The van der Waals surface area contributed by atoms with Crippen molar-refractivity contribution in [1.82, 2.24) is 19.4 Å². The highest BCUT2D eigenvalue weighted by molar-refractivity contribution is 5.75. The van der Waals surface area contributed by atoms with Crippen molar-refractivity contribution in [1.29, 1.82) is 0 Å². The minimum atomic E-state index is -0.308. The SMILES string of the molecule is CCOC(=O)N(Cc1cc2c(cn1)OCCO2)C1CCC(CCCn2c(=O)ccc3ncc(OC)cc32)CC1. The zero-order valence-electron chi connectivity index (χ0n) is 22.6. The molecule has 39 heavy (non-hydrogen) atoms. The van der Waals surface area contributed by atoms with Gasteiger partial charge in [0.05, 0.1) is 49.4 Å². The van der Waals surface area contributed by atoms with Crippen LogP contribution in [-0.2, 0) is 17.8 Å². The maximum absolute atomic E-state index is 12.9. The number of rotatable bonds is 9. The Bertz CT molecular complexity index is 1350. The molecule has 1 aliphatic heterocycles. The minimum absolute atomic E-state index is 0.0286. The van der Waals surface area contributed by atoms with Gasteiger partial charge in [-0.05, 0) is 57.4 Å². The van der Waals surface area contributed by atoms with Crippen LogP contribution in [0.4, 0.5) is 4.79 Å². The fourth-order valence-electron chi connectivity index (χ4n) is 5.57. The number of hydrogen-bond donors (Lipinski definition) is 0. The van der Waals surface area contributed by atoms with Crippen molar-refractivity contribution in [2.24, 2.45) is 5.92 Å². The molecule has 1 fully saturated rings. The number of methoxy groups -OCH3 is 1. The summed E-state index contributed by atoms with van der Waals surface area (Å²) in [4.78, 5) is 36.2. The second kappa shape index (κ2) is 12.4. The predicted octanol–water partition coefficient (Wildman–Crippen LogP) is 4.57. The maximum Gasteiger partial charge on any atom is 0.410 e. The van der Waals surface area contributed by atoms with Crippen molar-refractivity contribution < 1.29 is 23.7 Å². The Hall–Kier alpha value is -3.82. The monoisotopic (exact) mass is 536 g/mol. The molecule has 0 spiro atoms. The Balaban J connectivity index is 1.18. The molecule has 10 heteroatoms. The third-order valence-electron chi connectivity index (χ3n) is 7.62. The minimum Gasteiger partial charge on any atom is -0.495 e. The molecule has 3 aromatic rings. The zero-order valence-corrected chi connectivity index (χ0v) is 22.6. The summed E-state index contributed by atoms with van der Waals surface area (Å²) >= 11 is 0. The first-order chi connectivity index (χ1) is 19.1. The topological polar surface area (TPSA) is 105 Å². The molecule has 1 saturated carbocycles. The lowest BCUT2D eigenvalue weighted by Crippen LogP contribution is -2.42. The van der Waals surface area contributed by atoms with Gasteiger partial charge in [0.1, 0.15) is 19.0 Å². The van der Waals surface area contributed by atoms with Crippen molar-refractivity contribution in [3.05, 3.63) is 52.7 Å². The zero-order chi connectivity index (χ0) is 27.2. The normalized spacial score (nSPS) is 18.5. The summed E-state index contributed by atoms with van der Waals surface area (Å²) in [5.74, 6) is 2.49. The van der Waals surface area contributed by atoms with Crippen LogP contribution in [0.15, 0.2) is 41.5 Å². The van der Waals surface area contributed by atoms with E-state index in [1.165, 1.54) is 0 Å². The lowest BCUT2D eigenvalue weighted by atomic mass is 9.83. The van der Waals surface area contributed by atoms with E-state index in [2.05, 4.69) is 9.97 Å². The number of amides is 1. The van der Waals surface area contributed by atoms with Gasteiger partial charge in [0, 0.05) is 30.8 Å². The molecule has 5 rings (SSSR count). The van der Waals surface area contributed by atoms with Gasteiger partial charge in [-0.1, -0.05) is 0 Å². The van der Waals surface area contributed by atoms with Gasteiger partial charge in [-0.2, -0.15) is 0 Å². The van der Waals surface area contributed by atoms with Crippen molar-refractivity contribution in [2.45, 2.75) is 64.6 Å². The summed E-state index contributed by atoms with van der Waals surface area (Å²) in [6.07, 6.45) is 8.80. The van der Waals surface area contributed by atoms with E-state index in [0.29, 0.717) is 56.1 Å². The van der Waals surface area contributed by atoms with Gasteiger partial charge in [0.25, 0.3) is 5.56 Å². The number of fused-ring (bicyclic) bond motifs is 2. The summed E-state index contributed by atoms with van der Waals surface area (Å²) in [5, 5.41) is 0. The number of pyridine rings is 3. The van der Waals surface area contributed by atoms with E-state index in [1.807, 2.05) is 24.0 Å². The fourth-order valence-corrected chi connectivity index (χ4v) is 5.57. The first kappa shape index (κ1) is 26.8. The number of hydrogen-bond acceptors (Lipinski definition) is 8. The number of ether oxygens (including phenoxy) is 4. The van der Waals surface area contributed by atoms with Crippen LogP contribution in [0.5, 0.6) is 17.2 Å². The highest BCUT2D eigenvalue weighted by atomic mass is 16.6. The Labute approximate surface area is 227 Å². The average Bonchev–Trinajstić information content (AvgIpc) is 2.97. The molecule has 1 aliphatic carbocycles. The molecule has 3 aromatic heterocycles.